The van der Waals surface area contributed by atoms with Crippen LogP contribution in [0.25, 0.3) is 0 Å². The summed E-state index contributed by atoms with van der Waals surface area (Å²) in [5.74, 6) is 0.566. The lowest BCUT2D eigenvalue weighted by Gasteiger charge is -2.12. The van der Waals surface area contributed by atoms with E-state index in [1.165, 1.54) is 17.1 Å². The Bertz CT molecular complexity index is 632. The van der Waals surface area contributed by atoms with Gasteiger partial charge in [0.05, 0.1) is 15.4 Å². The Hall–Kier alpha value is -1.54. The van der Waals surface area contributed by atoms with Crippen LogP contribution in [0.3, 0.4) is 0 Å². The van der Waals surface area contributed by atoms with Gasteiger partial charge in [-0.1, -0.05) is 6.92 Å². The summed E-state index contributed by atoms with van der Waals surface area (Å²) in [7, 11) is 0. The van der Waals surface area contributed by atoms with Crippen LogP contribution < -0.4 is 5.32 Å². The third-order valence-electron chi connectivity index (χ3n) is 2.68. The van der Waals surface area contributed by atoms with Gasteiger partial charge in [0.15, 0.2) is 0 Å². The zero-order chi connectivity index (χ0) is 14.7. The fourth-order valence-corrected chi connectivity index (χ4v) is 2.90. The van der Waals surface area contributed by atoms with E-state index < -0.39 is 4.92 Å². The van der Waals surface area contributed by atoms with E-state index in [0.29, 0.717) is 10.3 Å². The first-order valence-electron chi connectivity index (χ1n) is 6.02. The van der Waals surface area contributed by atoms with Crippen molar-refractivity contribution in [1.29, 1.82) is 0 Å². The van der Waals surface area contributed by atoms with Crippen molar-refractivity contribution in [2.45, 2.75) is 26.3 Å². The second-order valence-corrected chi connectivity index (χ2v) is 6.17. The highest BCUT2D eigenvalue weighted by atomic mass is 79.9. The van der Waals surface area contributed by atoms with Gasteiger partial charge in [-0.25, -0.2) is 9.97 Å². The molecular weight excluding hydrogens is 344 g/mol. The van der Waals surface area contributed by atoms with Crippen molar-refractivity contribution in [2.75, 3.05) is 5.32 Å². The van der Waals surface area contributed by atoms with Crippen molar-refractivity contribution >= 4 is 38.8 Å². The molecule has 0 spiro atoms. The zero-order valence-corrected chi connectivity index (χ0v) is 13.4. The van der Waals surface area contributed by atoms with Crippen LogP contribution in [0.15, 0.2) is 22.9 Å². The molecule has 0 aliphatic carbocycles. The molecule has 0 fully saturated rings. The van der Waals surface area contributed by atoms with Crippen LogP contribution in [-0.2, 0) is 6.42 Å². The van der Waals surface area contributed by atoms with Gasteiger partial charge in [0.25, 0.3) is 5.69 Å². The molecule has 0 aliphatic heterocycles. The number of nitro groups is 1. The Labute approximate surface area is 128 Å². The molecule has 0 saturated heterocycles. The molecule has 0 amide bonds. The van der Waals surface area contributed by atoms with Crippen LogP contribution in [0, 0.1) is 10.1 Å². The average Bonchev–Trinajstić information content (AvgIpc) is 2.89. The normalized spacial score (nSPS) is 12.2. The predicted molar refractivity (Wildman–Crippen MR) is 82.1 cm³/mol. The lowest BCUT2D eigenvalue weighted by atomic mass is 10.3. The Kier molecular flexibility index (Phi) is 4.66. The van der Waals surface area contributed by atoms with Crippen LogP contribution in [0.4, 0.5) is 11.5 Å². The summed E-state index contributed by atoms with van der Waals surface area (Å²) in [6.45, 7) is 4.07. The number of aromatic nitrogens is 2. The van der Waals surface area contributed by atoms with E-state index >= 15 is 0 Å². The maximum Gasteiger partial charge on any atom is 0.288 e. The van der Waals surface area contributed by atoms with Gasteiger partial charge in [-0.05, 0) is 29.3 Å². The minimum absolute atomic E-state index is 0.00874. The maximum absolute atomic E-state index is 10.7. The van der Waals surface area contributed by atoms with Gasteiger partial charge in [-0.3, -0.25) is 10.1 Å². The van der Waals surface area contributed by atoms with E-state index in [-0.39, 0.29) is 11.7 Å². The zero-order valence-electron chi connectivity index (χ0n) is 11.0. The molecule has 0 aromatic carbocycles. The fourth-order valence-electron chi connectivity index (χ4n) is 1.59. The molecule has 1 atom stereocenters. The first-order valence-corrected chi connectivity index (χ1v) is 7.63. The summed E-state index contributed by atoms with van der Waals surface area (Å²) >= 11 is 4.94. The van der Waals surface area contributed by atoms with E-state index in [0.717, 1.165) is 11.4 Å². The summed E-state index contributed by atoms with van der Waals surface area (Å²) in [5, 5.41) is 14.8. The third-order valence-corrected chi connectivity index (χ3v) is 4.61. The highest BCUT2D eigenvalue weighted by Crippen LogP contribution is 2.29. The van der Waals surface area contributed by atoms with Crippen LogP contribution in [0.5, 0.6) is 0 Å². The number of halogens is 1. The molecule has 2 aromatic rings. The fraction of sp³-hybridized carbons (Fsp3) is 0.333. The van der Waals surface area contributed by atoms with Crippen molar-refractivity contribution in [2.24, 2.45) is 0 Å². The smallest absolute Gasteiger partial charge is 0.288 e. The number of hydrogen-bond donors (Lipinski definition) is 1. The Morgan fingerprint density at radius 2 is 2.25 bits per heavy atom. The van der Waals surface area contributed by atoms with E-state index in [1.807, 2.05) is 13.1 Å². The SMILES string of the molecule is CCc1cnc(C(C)Nc2ncc([N+](=O)[O-])cc2Br)s1. The molecule has 106 valence electrons. The molecule has 20 heavy (non-hydrogen) atoms. The summed E-state index contributed by atoms with van der Waals surface area (Å²) in [6, 6.07) is 1.42. The number of rotatable bonds is 5. The van der Waals surface area contributed by atoms with Crippen molar-refractivity contribution in [3.63, 3.8) is 0 Å². The molecule has 2 rings (SSSR count). The van der Waals surface area contributed by atoms with Crippen molar-refractivity contribution in [1.82, 2.24) is 9.97 Å². The molecule has 1 N–H and O–H groups in total. The van der Waals surface area contributed by atoms with Gasteiger partial charge in [0.2, 0.25) is 0 Å². The van der Waals surface area contributed by atoms with Crippen LogP contribution in [-0.4, -0.2) is 14.9 Å². The van der Waals surface area contributed by atoms with E-state index in [9.17, 15) is 10.1 Å². The average molecular weight is 357 g/mol. The number of pyridine rings is 1. The lowest BCUT2D eigenvalue weighted by molar-refractivity contribution is -0.385. The van der Waals surface area contributed by atoms with Crippen molar-refractivity contribution < 1.29 is 4.92 Å². The van der Waals surface area contributed by atoms with Crippen LogP contribution >= 0.6 is 27.3 Å². The van der Waals surface area contributed by atoms with Gasteiger partial charge >= 0.3 is 0 Å². The number of aryl methyl sites for hydroxylation is 1. The summed E-state index contributed by atoms with van der Waals surface area (Å²) < 4.78 is 0.561. The summed E-state index contributed by atoms with van der Waals surface area (Å²) in [4.78, 5) is 19.8. The molecule has 0 radical (unpaired) electrons. The Morgan fingerprint density at radius 3 is 2.80 bits per heavy atom. The molecule has 8 heteroatoms. The molecule has 0 bridgehead atoms. The van der Waals surface area contributed by atoms with E-state index in [1.54, 1.807) is 11.3 Å². The summed E-state index contributed by atoms with van der Waals surface area (Å²) in [5.41, 5.74) is -0.0439. The minimum Gasteiger partial charge on any atom is -0.360 e. The summed E-state index contributed by atoms with van der Waals surface area (Å²) in [6.07, 6.45) is 4.07. The number of nitrogens with zero attached hydrogens (tertiary/aromatic N) is 3. The highest BCUT2D eigenvalue weighted by molar-refractivity contribution is 9.10. The monoisotopic (exact) mass is 356 g/mol. The molecule has 1 unspecified atom stereocenters. The number of nitrogens with one attached hydrogen (secondary N) is 1. The molecule has 2 heterocycles. The molecule has 2 aromatic heterocycles. The molecule has 0 aliphatic rings. The van der Waals surface area contributed by atoms with E-state index in [4.69, 9.17) is 0 Å². The highest BCUT2D eigenvalue weighted by Gasteiger charge is 2.15. The quantitative estimate of drug-likeness (QED) is 0.647. The first-order chi connectivity index (χ1) is 9.51. The molecular formula is C12H13BrN4O2S. The number of hydrogen-bond acceptors (Lipinski definition) is 6. The van der Waals surface area contributed by atoms with Gasteiger partial charge in [-0.2, -0.15) is 0 Å². The topological polar surface area (TPSA) is 81.0 Å². The van der Waals surface area contributed by atoms with Crippen molar-refractivity contribution in [3.8, 4) is 0 Å². The van der Waals surface area contributed by atoms with Crippen molar-refractivity contribution in [3.05, 3.63) is 42.9 Å². The largest absolute Gasteiger partial charge is 0.360 e. The maximum atomic E-state index is 10.7. The second kappa shape index (κ2) is 6.27. The van der Waals surface area contributed by atoms with Gasteiger partial charge in [-0.15, -0.1) is 11.3 Å². The van der Waals surface area contributed by atoms with E-state index in [2.05, 4.69) is 38.1 Å². The third kappa shape index (κ3) is 3.31. The van der Waals surface area contributed by atoms with Crippen LogP contribution in [0.1, 0.15) is 29.8 Å². The number of thiazole rings is 1. The lowest BCUT2D eigenvalue weighted by Crippen LogP contribution is -2.08. The molecule has 6 nitrogen and oxygen atoms in total. The standard InChI is InChI=1S/C12H13BrN4O2S/c1-3-9-6-15-12(20-9)7(2)16-11-10(13)4-8(5-14-11)17(18)19/h4-7H,3H2,1-2H3,(H,14,16). The first kappa shape index (κ1) is 14.9. The second-order valence-electron chi connectivity index (χ2n) is 4.17. The number of anilines is 1. The van der Waals surface area contributed by atoms with Crippen LogP contribution in [0.2, 0.25) is 0 Å². The van der Waals surface area contributed by atoms with Gasteiger partial charge < -0.3 is 5.32 Å². The molecule has 0 saturated carbocycles. The minimum atomic E-state index is -0.473. The Balaban J connectivity index is 2.15. The van der Waals surface area contributed by atoms with Gasteiger partial charge in [0, 0.05) is 17.1 Å². The predicted octanol–water partition coefficient (Wildman–Crippen LogP) is 3.94. The Morgan fingerprint density at radius 1 is 1.50 bits per heavy atom. The van der Waals surface area contributed by atoms with Gasteiger partial charge in [0.1, 0.15) is 17.0 Å².